The summed E-state index contributed by atoms with van der Waals surface area (Å²) in [7, 11) is 0. The van der Waals surface area contributed by atoms with Gasteiger partial charge in [0, 0.05) is 6.54 Å². The van der Waals surface area contributed by atoms with Gasteiger partial charge in [-0.1, -0.05) is 19.1 Å². The summed E-state index contributed by atoms with van der Waals surface area (Å²) in [5.41, 5.74) is -0.912. The number of carboxylic acid groups (broad SMARTS) is 1. The fourth-order valence-corrected chi connectivity index (χ4v) is 2.77. The minimum absolute atomic E-state index is 0.106. The van der Waals surface area contributed by atoms with Crippen LogP contribution in [0.2, 0.25) is 0 Å². The highest BCUT2D eigenvalue weighted by Gasteiger charge is 2.35. The van der Waals surface area contributed by atoms with Crippen molar-refractivity contribution in [1.82, 2.24) is 4.90 Å². The molecule has 1 heterocycles. The van der Waals surface area contributed by atoms with E-state index in [1.807, 2.05) is 4.90 Å². The molecular formula is C16H18F3NO2. The molecule has 0 aliphatic carbocycles. The summed E-state index contributed by atoms with van der Waals surface area (Å²) in [4.78, 5) is 13.0. The van der Waals surface area contributed by atoms with Crippen LogP contribution in [-0.2, 0) is 12.7 Å². The third kappa shape index (κ3) is 3.68. The predicted molar refractivity (Wildman–Crippen MR) is 77.6 cm³/mol. The monoisotopic (exact) mass is 313 g/mol. The van der Waals surface area contributed by atoms with Gasteiger partial charge < -0.3 is 5.11 Å². The SMILES string of the molecule is C=Cc1cc(C(=O)O)cc(C(F)(F)F)c1CN1CCCCC1. The molecule has 22 heavy (non-hydrogen) atoms. The molecular weight excluding hydrogens is 295 g/mol. The van der Waals surface area contributed by atoms with Crippen molar-refractivity contribution in [2.24, 2.45) is 0 Å². The standard InChI is InChI=1S/C16H18F3NO2/c1-2-11-8-12(15(21)22)9-14(16(17,18)19)13(11)10-20-6-4-3-5-7-20/h2,8-9H,1,3-7,10H2,(H,21,22). The normalized spacial score (nSPS) is 16.5. The molecule has 1 aliphatic heterocycles. The maximum Gasteiger partial charge on any atom is 0.416 e. The minimum Gasteiger partial charge on any atom is -0.478 e. The Hall–Kier alpha value is -1.82. The Morgan fingerprint density at radius 1 is 1.27 bits per heavy atom. The van der Waals surface area contributed by atoms with Crippen LogP contribution in [0.3, 0.4) is 0 Å². The van der Waals surface area contributed by atoms with E-state index in [0.717, 1.165) is 32.4 Å². The van der Waals surface area contributed by atoms with Gasteiger partial charge >= 0.3 is 12.1 Å². The maximum atomic E-state index is 13.3. The molecule has 1 fully saturated rings. The van der Waals surface area contributed by atoms with E-state index in [1.54, 1.807) is 0 Å². The van der Waals surface area contributed by atoms with Crippen LogP contribution < -0.4 is 0 Å². The third-order valence-electron chi connectivity index (χ3n) is 3.89. The first-order chi connectivity index (χ1) is 10.3. The number of piperidine rings is 1. The van der Waals surface area contributed by atoms with E-state index in [4.69, 9.17) is 5.11 Å². The van der Waals surface area contributed by atoms with Gasteiger partial charge in [-0.25, -0.2) is 4.79 Å². The van der Waals surface area contributed by atoms with E-state index in [-0.39, 0.29) is 23.2 Å². The summed E-state index contributed by atoms with van der Waals surface area (Å²) in [6.45, 7) is 5.21. The zero-order chi connectivity index (χ0) is 16.3. The predicted octanol–water partition coefficient (Wildman–Crippen LogP) is 4.03. The summed E-state index contributed by atoms with van der Waals surface area (Å²) in [5, 5.41) is 9.00. The molecule has 0 saturated carbocycles. The minimum atomic E-state index is -4.59. The number of carboxylic acids is 1. The second-order valence-corrected chi connectivity index (χ2v) is 5.44. The van der Waals surface area contributed by atoms with Crippen molar-refractivity contribution in [3.63, 3.8) is 0 Å². The van der Waals surface area contributed by atoms with E-state index >= 15 is 0 Å². The van der Waals surface area contributed by atoms with Crippen LogP contribution in [-0.4, -0.2) is 29.1 Å². The van der Waals surface area contributed by atoms with Crippen LogP contribution in [0.1, 0.15) is 46.3 Å². The van der Waals surface area contributed by atoms with Gasteiger partial charge in [0.2, 0.25) is 0 Å². The summed E-state index contributed by atoms with van der Waals surface area (Å²) in [6, 6.07) is 1.97. The van der Waals surface area contributed by atoms with Crippen LogP contribution in [0.25, 0.3) is 6.08 Å². The lowest BCUT2D eigenvalue weighted by molar-refractivity contribution is -0.138. The number of hydrogen-bond acceptors (Lipinski definition) is 2. The molecule has 0 atom stereocenters. The first-order valence-corrected chi connectivity index (χ1v) is 7.15. The highest BCUT2D eigenvalue weighted by atomic mass is 19.4. The van der Waals surface area contributed by atoms with Crippen molar-refractivity contribution in [2.75, 3.05) is 13.1 Å². The number of halogens is 3. The van der Waals surface area contributed by atoms with E-state index in [2.05, 4.69) is 6.58 Å². The molecule has 6 heteroatoms. The molecule has 1 N–H and O–H groups in total. The van der Waals surface area contributed by atoms with Gasteiger partial charge in [0.1, 0.15) is 0 Å². The van der Waals surface area contributed by atoms with E-state index in [1.165, 1.54) is 12.1 Å². The van der Waals surface area contributed by atoms with Crippen LogP contribution >= 0.6 is 0 Å². The Balaban J connectivity index is 2.48. The molecule has 1 aromatic rings. The van der Waals surface area contributed by atoms with Gasteiger partial charge in [-0.15, -0.1) is 0 Å². The molecule has 1 saturated heterocycles. The second-order valence-electron chi connectivity index (χ2n) is 5.44. The van der Waals surface area contributed by atoms with Crippen molar-refractivity contribution < 1.29 is 23.1 Å². The number of nitrogens with zero attached hydrogens (tertiary/aromatic N) is 1. The van der Waals surface area contributed by atoms with Gasteiger partial charge in [0.15, 0.2) is 0 Å². The second kappa shape index (κ2) is 6.52. The van der Waals surface area contributed by atoms with Crippen LogP contribution in [0.4, 0.5) is 13.2 Å². The number of benzene rings is 1. The van der Waals surface area contributed by atoms with Crippen molar-refractivity contribution in [2.45, 2.75) is 32.0 Å². The number of alkyl halides is 3. The Morgan fingerprint density at radius 3 is 2.41 bits per heavy atom. The molecule has 0 radical (unpaired) electrons. The number of carbonyl (C=O) groups is 1. The molecule has 0 bridgehead atoms. The topological polar surface area (TPSA) is 40.5 Å². The molecule has 0 aromatic heterocycles. The molecule has 1 aliphatic rings. The van der Waals surface area contributed by atoms with Gasteiger partial charge in [0.25, 0.3) is 0 Å². The quantitative estimate of drug-likeness (QED) is 0.912. The molecule has 120 valence electrons. The number of aromatic carboxylic acids is 1. The molecule has 1 aromatic carbocycles. The first-order valence-electron chi connectivity index (χ1n) is 7.15. The Kier molecular flexibility index (Phi) is 4.90. The van der Waals surface area contributed by atoms with Crippen LogP contribution in [0.15, 0.2) is 18.7 Å². The lowest BCUT2D eigenvalue weighted by Gasteiger charge is -2.28. The largest absolute Gasteiger partial charge is 0.478 e. The average molecular weight is 313 g/mol. The van der Waals surface area contributed by atoms with Crippen molar-refractivity contribution in [3.8, 4) is 0 Å². The molecule has 0 spiro atoms. The fourth-order valence-electron chi connectivity index (χ4n) is 2.77. The van der Waals surface area contributed by atoms with Crippen molar-refractivity contribution >= 4 is 12.0 Å². The molecule has 2 rings (SSSR count). The lowest BCUT2D eigenvalue weighted by atomic mass is 9.95. The van der Waals surface area contributed by atoms with Crippen molar-refractivity contribution in [3.05, 3.63) is 41.0 Å². The summed E-state index contributed by atoms with van der Waals surface area (Å²) < 4.78 is 39.9. The van der Waals surface area contributed by atoms with Gasteiger partial charge in [0.05, 0.1) is 11.1 Å². The summed E-state index contributed by atoms with van der Waals surface area (Å²) >= 11 is 0. The zero-order valence-electron chi connectivity index (χ0n) is 12.1. The Morgan fingerprint density at radius 2 is 1.91 bits per heavy atom. The average Bonchev–Trinajstić information content (AvgIpc) is 2.47. The zero-order valence-corrected chi connectivity index (χ0v) is 12.1. The summed E-state index contributed by atoms with van der Waals surface area (Å²) in [6.07, 6.45) is -0.264. The first kappa shape index (κ1) is 16.5. The van der Waals surface area contributed by atoms with Gasteiger partial charge in [-0.05, 0) is 49.2 Å². The van der Waals surface area contributed by atoms with E-state index in [0.29, 0.717) is 6.07 Å². The Bertz CT molecular complexity index is 575. The smallest absolute Gasteiger partial charge is 0.416 e. The van der Waals surface area contributed by atoms with Gasteiger partial charge in [-0.2, -0.15) is 13.2 Å². The number of likely N-dealkylation sites (tertiary alicyclic amines) is 1. The van der Waals surface area contributed by atoms with Gasteiger partial charge in [-0.3, -0.25) is 4.90 Å². The van der Waals surface area contributed by atoms with Crippen LogP contribution in [0.5, 0.6) is 0 Å². The molecule has 0 unspecified atom stereocenters. The van der Waals surface area contributed by atoms with E-state index < -0.39 is 17.7 Å². The van der Waals surface area contributed by atoms with Crippen molar-refractivity contribution in [1.29, 1.82) is 0 Å². The molecule has 0 amide bonds. The maximum absolute atomic E-state index is 13.3. The number of rotatable bonds is 4. The molecule has 3 nitrogen and oxygen atoms in total. The highest BCUT2D eigenvalue weighted by molar-refractivity contribution is 5.89. The highest BCUT2D eigenvalue weighted by Crippen LogP contribution is 2.36. The Labute approximate surface area is 127 Å². The van der Waals surface area contributed by atoms with Crippen LogP contribution in [0, 0.1) is 0 Å². The third-order valence-corrected chi connectivity index (χ3v) is 3.89. The van der Waals surface area contributed by atoms with E-state index in [9.17, 15) is 18.0 Å². The number of hydrogen-bond donors (Lipinski definition) is 1. The fraction of sp³-hybridized carbons (Fsp3) is 0.438. The summed E-state index contributed by atoms with van der Waals surface area (Å²) in [5.74, 6) is -1.38. The lowest BCUT2D eigenvalue weighted by Crippen LogP contribution is -2.30.